The highest BCUT2D eigenvalue weighted by Gasteiger charge is 2.40. The number of alkyl halides is 3. The molecule has 1 fully saturated rings. The van der Waals surface area contributed by atoms with Gasteiger partial charge in [0.05, 0.1) is 22.8 Å². The zero-order chi connectivity index (χ0) is 24.1. The van der Waals surface area contributed by atoms with Gasteiger partial charge >= 0.3 is 6.18 Å². The van der Waals surface area contributed by atoms with Crippen molar-refractivity contribution in [1.29, 1.82) is 0 Å². The van der Waals surface area contributed by atoms with Gasteiger partial charge in [0, 0.05) is 35.1 Å². The second-order valence-corrected chi connectivity index (χ2v) is 9.18. The molecule has 9 heteroatoms. The van der Waals surface area contributed by atoms with Crippen molar-refractivity contribution in [2.24, 2.45) is 0 Å². The fourth-order valence-electron chi connectivity index (χ4n) is 4.21. The fourth-order valence-corrected chi connectivity index (χ4v) is 4.21. The summed E-state index contributed by atoms with van der Waals surface area (Å²) in [5, 5.41) is 13.2. The summed E-state index contributed by atoms with van der Waals surface area (Å²) < 4.78 is 54.1. The van der Waals surface area contributed by atoms with Crippen molar-refractivity contribution in [2.75, 3.05) is 37.4 Å². The van der Waals surface area contributed by atoms with Crippen LogP contribution < -0.4 is 10.2 Å². The summed E-state index contributed by atoms with van der Waals surface area (Å²) in [5.41, 5.74) is 0.494. The van der Waals surface area contributed by atoms with Gasteiger partial charge in [0.2, 0.25) is 0 Å². The number of aromatic nitrogens is 2. The van der Waals surface area contributed by atoms with E-state index in [2.05, 4.69) is 46.3 Å². The number of hydrogen-bond acceptors (Lipinski definition) is 5. The van der Waals surface area contributed by atoms with Crippen LogP contribution in [0.15, 0.2) is 36.4 Å². The van der Waals surface area contributed by atoms with Crippen molar-refractivity contribution in [1.82, 2.24) is 15.1 Å². The molecule has 1 aromatic heterocycles. The normalized spacial score (nSPS) is 16.7. The van der Waals surface area contributed by atoms with Crippen LogP contribution in [-0.4, -0.2) is 47.8 Å². The largest absolute Gasteiger partial charge is 0.419 e. The van der Waals surface area contributed by atoms with E-state index in [0.717, 1.165) is 41.3 Å². The average molecular weight is 462 g/mol. The average Bonchev–Trinajstić information content (AvgIpc) is 2.72. The van der Waals surface area contributed by atoms with Crippen molar-refractivity contribution in [3.05, 3.63) is 59.0 Å². The first-order chi connectivity index (χ1) is 15.4. The molecule has 0 spiro atoms. The summed E-state index contributed by atoms with van der Waals surface area (Å²) in [6.07, 6.45) is -4.76. The lowest BCUT2D eigenvalue weighted by Gasteiger charge is -2.53. The first-order valence-corrected chi connectivity index (χ1v) is 10.7. The first-order valence-electron chi connectivity index (χ1n) is 10.7. The number of benzene rings is 2. The van der Waals surface area contributed by atoms with Crippen LogP contribution in [0.1, 0.15) is 36.7 Å². The second-order valence-electron chi connectivity index (χ2n) is 9.18. The standard InChI is InChI=1S/C24H27F4N5/c1-14(18-7-6-8-20(21(18)25)24(26,27)28)29-22-19-11-16(9-10-17(19)15(2)30-31-22)33-12-23(3,13-33)32(4)5/h6-11,14H,12-13H2,1-5H3,(H,29,31). The number of halogens is 4. The molecule has 0 saturated carbocycles. The Kier molecular flexibility index (Phi) is 5.72. The SMILES string of the molecule is Cc1nnc(NC(C)c2cccc(C(F)(F)F)c2F)c2cc(N3CC(C)(N(C)C)C3)ccc12. The predicted molar refractivity (Wildman–Crippen MR) is 122 cm³/mol. The molecule has 1 saturated heterocycles. The van der Waals surface area contributed by atoms with E-state index in [1.807, 2.05) is 25.1 Å². The van der Waals surface area contributed by atoms with Crippen LogP contribution in [0.5, 0.6) is 0 Å². The molecule has 0 amide bonds. The van der Waals surface area contributed by atoms with Crippen molar-refractivity contribution in [2.45, 2.75) is 38.5 Å². The molecule has 1 unspecified atom stereocenters. The summed E-state index contributed by atoms with van der Waals surface area (Å²) in [7, 11) is 4.13. The minimum absolute atomic E-state index is 0.0824. The predicted octanol–water partition coefficient (Wildman–Crippen LogP) is 5.41. The van der Waals surface area contributed by atoms with Gasteiger partial charge in [0.1, 0.15) is 5.82 Å². The Balaban J connectivity index is 1.67. The van der Waals surface area contributed by atoms with Crippen LogP contribution in [0, 0.1) is 12.7 Å². The number of hydrogen-bond donors (Lipinski definition) is 1. The minimum Gasteiger partial charge on any atom is -0.368 e. The Labute approximate surface area is 190 Å². The second kappa shape index (κ2) is 8.13. The Morgan fingerprint density at radius 2 is 1.79 bits per heavy atom. The molecular formula is C24H27F4N5. The fraction of sp³-hybridized carbons (Fsp3) is 0.417. The number of rotatable bonds is 5. The highest BCUT2D eigenvalue weighted by molar-refractivity contribution is 5.95. The molecule has 3 aromatic rings. The topological polar surface area (TPSA) is 44.3 Å². The smallest absolute Gasteiger partial charge is 0.368 e. The molecule has 5 nitrogen and oxygen atoms in total. The quantitative estimate of drug-likeness (QED) is 0.515. The number of nitrogens with one attached hydrogen (secondary N) is 1. The molecule has 0 bridgehead atoms. The monoisotopic (exact) mass is 461 g/mol. The lowest BCUT2D eigenvalue weighted by molar-refractivity contribution is -0.140. The maximum Gasteiger partial charge on any atom is 0.419 e. The molecule has 1 aliphatic rings. The van der Waals surface area contributed by atoms with Gasteiger partial charge in [-0.25, -0.2) is 4.39 Å². The molecule has 2 aromatic carbocycles. The highest BCUT2D eigenvalue weighted by Crippen LogP contribution is 2.37. The van der Waals surface area contributed by atoms with Gasteiger partial charge in [0.15, 0.2) is 5.82 Å². The van der Waals surface area contributed by atoms with Gasteiger partial charge in [0.25, 0.3) is 0 Å². The molecule has 33 heavy (non-hydrogen) atoms. The molecule has 176 valence electrons. The van der Waals surface area contributed by atoms with Crippen LogP contribution in [0.2, 0.25) is 0 Å². The van der Waals surface area contributed by atoms with E-state index < -0.39 is 23.6 Å². The highest BCUT2D eigenvalue weighted by atomic mass is 19.4. The Hall–Kier alpha value is -2.94. The molecule has 1 atom stereocenters. The summed E-state index contributed by atoms with van der Waals surface area (Å²) in [6, 6.07) is 8.56. The van der Waals surface area contributed by atoms with Crippen LogP contribution in [0.25, 0.3) is 10.8 Å². The van der Waals surface area contributed by atoms with Crippen LogP contribution in [0.4, 0.5) is 29.1 Å². The molecule has 0 radical (unpaired) electrons. The van der Waals surface area contributed by atoms with Gasteiger partial charge in [-0.1, -0.05) is 18.2 Å². The summed E-state index contributed by atoms with van der Waals surface area (Å²) in [6.45, 7) is 7.41. The summed E-state index contributed by atoms with van der Waals surface area (Å²) >= 11 is 0. The molecule has 4 rings (SSSR count). The molecule has 1 aliphatic heterocycles. The van der Waals surface area contributed by atoms with E-state index in [4.69, 9.17) is 0 Å². The lowest BCUT2D eigenvalue weighted by atomic mass is 9.90. The van der Waals surface area contributed by atoms with E-state index >= 15 is 0 Å². The Morgan fingerprint density at radius 3 is 2.42 bits per heavy atom. The van der Waals surface area contributed by atoms with Crippen LogP contribution in [-0.2, 0) is 6.18 Å². The number of likely N-dealkylation sites (N-methyl/N-ethyl adjacent to an activating group) is 1. The van der Waals surface area contributed by atoms with Crippen molar-refractivity contribution in [3.63, 3.8) is 0 Å². The van der Waals surface area contributed by atoms with E-state index in [9.17, 15) is 17.6 Å². The third kappa shape index (κ3) is 4.21. The third-order valence-electron chi connectivity index (χ3n) is 6.61. The first kappa shape index (κ1) is 23.2. The zero-order valence-electron chi connectivity index (χ0n) is 19.3. The van der Waals surface area contributed by atoms with Crippen molar-refractivity contribution in [3.8, 4) is 0 Å². The maximum atomic E-state index is 14.7. The van der Waals surface area contributed by atoms with Gasteiger partial charge in [-0.15, -0.1) is 5.10 Å². The number of anilines is 2. The van der Waals surface area contributed by atoms with Gasteiger partial charge < -0.3 is 15.1 Å². The van der Waals surface area contributed by atoms with E-state index in [0.29, 0.717) is 5.82 Å². The van der Waals surface area contributed by atoms with Gasteiger partial charge in [-0.05, 0) is 53.1 Å². The van der Waals surface area contributed by atoms with E-state index in [1.54, 1.807) is 6.92 Å². The van der Waals surface area contributed by atoms with Gasteiger partial charge in [-0.2, -0.15) is 18.3 Å². The Bertz CT molecular complexity index is 1190. The number of nitrogens with zero attached hydrogens (tertiary/aromatic N) is 4. The van der Waals surface area contributed by atoms with Crippen LogP contribution in [0.3, 0.4) is 0 Å². The lowest BCUT2D eigenvalue weighted by Crippen LogP contribution is -2.67. The molecule has 1 N–H and O–H groups in total. The number of aryl methyl sites for hydroxylation is 1. The van der Waals surface area contributed by atoms with E-state index in [1.165, 1.54) is 12.1 Å². The summed E-state index contributed by atoms with van der Waals surface area (Å²) in [4.78, 5) is 4.47. The van der Waals surface area contributed by atoms with E-state index in [-0.39, 0.29) is 11.1 Å². The molecule has 2 heterocycles. The maximum absolute atomic E-state index is 14.7. The molecular weight excluding hydrogens is 434 g/mol. The van der Waals surface area contributed by atoms with Gasteiger partial charge in [-0.3, -0.25) is 0 Å². The molecule has 0 aliphatic carbocycles. The zero-order valence-corrected chi connectivity index (χ0v) is 19.3. The summed E-state index contributed by atoms with van der Waals surface area (Å²) in [5.74, 6) is -0.878. The van der Waals surface area contributed by atoms with Crippen molar-refractivity contribution >= 4 is 22.3 Å². The third-order valence-corrected chi connectivity index (χ3v) is 6.61. The van der Waals surface area contributed by atoms with Crippen LogP contribution >= 0.6 is 0 Å². The number of fused-ring (bicyclic) bond motifs is 1. The van der Waals surface area contributed by atoms with Crippen molar-refractivity contribution < 1.29 is 17.6 Å². The Morgan fingerprint density at radius 1 is 1.09 bits per heavy atom. The minimum atomic E-state index is -4.76.